The number of nitrogens with one attached hydrogen (secondary N) is 2. The molecule has 22 heavy (non-hydrogen) atoms. The van der Waals surface area contributed by atoms with Crippen LogP contribution in [0.2, 0.25) is 0 Å². The topological polar surface area (TPSA) is 97.3 Å². The normalized spacial score (nSPS) is 11.4. The Kier molecular flexibility index (Phi) is 7.49. The van der Waals surface area contributed by atoms with Crippen molar-refractivity contribution in [1.82, 2.24) is 14.6 Å². The molecule has 0 saturated heterocycles. The average molecular weight is 441 g/mol. The van der Waals surface area contributed by atoms with E-state index in [1.165, 1.54) is 4.57 Å². The quantitative estimate of drug-likeness (QED) is 0.569. The first-order valence-electron chi connectivity index (χ1n) is 6.84. The van der Waals surface area contributed by atoms with Gasteiger partial charge >= 0.3 is 0 Å². The first-order valence-corrected chi connectivity index (χ1v) is 9.57. The average Bonchev–Trinajstić information content (AvgIpc) is 2.41. The lowest BCUT2D eigenvalue weighted by molar-refractivity contribution is -0.120. The van der Waals surface area contributed by atoms with Crippen LogP contribution < -0.4 is 15.6 Å². The predicted octanol–water partition coefficient (Wildman–Crippen LogP) is 0.326. The van der Waals surface area contributed by atoms with Gasteiger partial charge in [0.15, 0.2) is 0 Å². The van der Waals surface area contributed by atoms with Crippen LogP contribution in [0.5, 0.6) is 0 Å². The zero-order chi connectivity index (χ0) is 16.8. The molecule has 2 N–H and O–H groups in total. The molecule has 0 fully saturated rings. The number of hydrogen-bond donors (Lipinski definition) is 2. The highest BCUT2D eigenvalue weighted by molar-refractivity contribution is 14.1. The Hall–Kier alpha value is -0.940. The van der Waals surface area contributed by atoms with E-state index in [1.807, 2.05) is 0 Å². The van der Waals surface area contributed by atoms with E-state index in [2.05, 4.69) is 32.6 Å². The Labute approximate surface area is 143 Å². The molecular formula is C13H20IN3O4S. The summed E-state index contributed by atoms with van der Waals surface area (Å²) in [5.74, 6) is -0.307. The maximum atomic E-state index is 11.9. The van der Waals surface area contributed by atoms with Crippen molar-refractivity contribution < 1.29 is 13.2 Å². The molecule has 0 aromatic carbocycles. The first-order chi connectivity index (χ1) is 10.2. The molecule has 0 saturated carbocycles. The van der Waals surface area contributed by atoms with Crippen LogP contribution >= 0.6 is 22.6 Å². The number of carbonyl (C=O) groups excluding carboxylic acids is 1. The highest BCUT2D eigenvalue weighted by Gasteiger charge is 2.13. The molecular weight excluding hydrogens is 421 g/mol. The summed E-state index contributed by atoms with van der Waals surface area (Å²) in [6, 6.07) is 1.65. The molecule has 0 radical (unpaired) electrons. The van der Waals surface area contributed by atoms with Gasteiger partial charge in [-0.2, -0.15) is 0 Å². The third-order valence-electron chi connectivity index (χ3n) is 2.90. The van der Waals surface area contributed by atoms with Crippen molar-refractivity contribution in [2.75, 3.05) is 12.3 Å². The third-order valence-corrected chi connectivity index (χ3v) is 4.90. The molecule has 1 rings (SSSR count). The van der Waals surface area contributed by atoms with E-state index < -0.39 is 10.0 Å². The van der Waals surface area contributed by atoms with E-state index in [1.54, 1.807) is 26.2 Å². The van der Waals surface area contributed by atoms with E-state index >= 15 is 0 Å². The van der Waals surface area contributed by atoms with Gasteiger partial charge in [-0.3, -0.25) is 9.59 Å². The van der Waals surface area contributed by atoms with Crippen molar-refractivity contribution in [3.05, 3.63) is 31.8 Å². The minimum absolute atomic E-state index is 0.0486. The number of halogens is 1. The monoisotopic (exact) mass is 441 g/mol. The molecule has 124 valence electrons. The van der Waals surface area contributed by atoms with Crippen molar-refractivity contribution in [1.29, 1.82) is 0 Å². The second kappa shape index (κ2) is 8.63. The van der Waals surface area contributed by atoms with Crippen molar-refractivity contribution in [2.45, 2.75) is 26.3 Å². The van der Waals surface area contributed by atoms with Gasteiger partial charge in [0.1, 0.15) is 0 Å². The second-order valence-corrected chi connectivity index (χ2v) is 7.97. The highest BCUT2D eigenvalue weighted by Crippen LogP contribution is 2.04. The maximum Gasteiger partial charge on any atom is 0.254 e. The maximum absolute atomic E-state index is 11.9. The van der Waals surface area contributed by atoms with Gasteiger partial charge in [-0.25, -0.2) is 13.1 Å². The predicted molar refractivity (Wildman–Crippen MR) is 92.9 cm³/mol. The van der Waals surface area contributed by atoms with Crippen LogP contribution in [-0.2, 0) is 28.4 Å². The number of aryl methyl sites for hydroxylation is 1. The number of pyridine rings is 1. The van der Waals surface area contributed by atoms with Gasteiger partial charge in [0, 0.05) is 41.9 Å². The largest absolute Gasteiger partial charge is 0.356 e. The first kappa shape index (κ1) is 19.1. The molecule has 0 aliphatic carbocycles. The second-order valence-electron chi connectivity index (χ2n) is 4.80. The number of rotatable bonds is 8. The fraction of sp³-hybridized carbons (Fsp3) is 0.538. The summed E-state index contributed by atoms with van der Waals surface area (Å²) >= 11 is 2.06. The molecule has 0 unspecified atom stereocenters. The Morgan fingerprint density at radius 1 is 1.41 bits per heavy atom. The number of aromatic nitrogens is 1. The zero-order valence-corrected chi connectivity index (χ0v) is 15.5. The minimum Gasteiger partial charge on any atom is -0.356 e. The summed E-state index contributed by atoms with van der Waals surface area (Å²) < 4.78 is 28.4. The van der Waals surface area contributed by atoms with Gasteiger partial charge < -0.3 is 9.88 Å². The van der Waals surface area contributed by atoms with Crippen molar-refractivity contribution in [3.63, 3.8) is 0 Å². The highest BCUT2D eigenvalue weighted by atomic mass is 127. The molecule has 1 aromatic heterocycles. The van der Waals surface area contributed by atoms with Gasteiger partial charge in [0.25, 0.3) is 5.56 Å². The lowest BCUT2D eigenvalue weighted by Gasteiger charge is -2.08. The van der Waals surface area contributed by atoms with Gasteiger partial charge in [0.2, 0.25) is 15.9 Å². The van der Waals surface area contributed by atoms with Gasteiger partial charge in [-0.05, 0) is 42.0 Å². The van der Waals surface area contributed by atoms with Crippen molar-refractivity contribution in [2.24, 2.45) is 7.05 Å². The zero-order valence-electron chi connectivity index (χ0n) is 12.6. The van der Waals surface area contributed by atoms with Crippen molar-refractivity contribution >= 4 is 38.5 Å². The summed E-state index contributed by atoms with van der Waals surface area (Å²) in [5.41, 5.74) is 0.159. The summed E-state index contributed by atoms with van der Waals surface area (Å²) in [7, 11) is -1.89. The fourth-order valence-corrected chi connectivity index (χ4v) is 3.67. The van der Waals surface area contributed by atoms with Crippen LogP contribution in [0, 0.1) is 3.57 Å². The number of carbonyl (C=O) groups is 1. The van der Waals surface area contributed by atoms with E-state index in [9.17, 15) is 18.0 Å². The summed E-state index contributed by atoms with van der Waals surface area (Å²) in [5, 5.41) is 2.61. The van der Waals surface area contributed by atoms with Crippen LogP contribution in [0.25, 0.3) is 0 Å². The molecule has 0 bridgehead atoms. The molecule has 0 aliphatic rings. The third kappa shape index (κ3) is 6.44. The molecule has 1 amide bonds. The standard InChI is InChI=1S/C13H20IN3O4S/c1-3-15-12(18)5-4-6-22(20,21)16-8-10-7-11(14)9-17(2)13(10)19/h7,9,16H,3-6,8H2,1-2H3,(H,15,18). The van der Waals surface area contributed by atoms with E-state index in [-0.39, 0.29) is 36.6 Å². The van der Waals surface area contributed by atoms with E-state index in [0.29, 0.717) is 12.1 Å². The summed E-state index contributed by atoms with van der Waals surface area (Å²) in [4.78, 5) is 23.1. The number of hydrogen-bond acceptors (Lipinski definition) is 4. The van der Waals surface area contributed by atoms with Gasteiger partial charge in [-0.15, -0.1) is 0 Å². The lowest BCUT2D eigenvalue weighted by Crippen LogP contribution is -2.31. The minimum atomic E-state index is -3.51. The van der Waals surface area contributed by atoms with Crippen molar-refractivity contribution in [3.8, 4) is 0 Å². The lowest BCUT2D eigenvalue weighted by atomic mass is 10.3. The smallest absolute Gasteiger partial charge is 0.254 e. The number of amides is 1. The molecule has 0 aliphatic heterocycles. The van der Waals surface area contributed by atoms with E-state index in [0.717, 1.165) is 3.57 Å². The molecule has 0 spiro atoms. The summed E-state index contributed by atoms with van der Waals surface area (Å²) in [6.45, 7) is 2.28. The molecule has 9 heteroatoms. The van der Waals surface area contributed by atoms with Crippen LogP contribution in [0.4, 0.5) is 0 Å². The Balaban J connectivity index is 2.56. The Morgan fingerprint density at radius 2 is 2.09 bits per heavy atom. The van der Waals surface area contributed by atoms with Gasteiger partial charge in [-0.1, -0.05) is 0 Å². The SMILES string of the molecule is CCNC(=O)CCCS(=O)(=O)NCc1cc(I)cn(C)c1=O. The van der Waals surface area contributed by atoms with Crippen LogP contribution in [0.3, 0.4) is 0 Å². The van der Waals surface area contributed by atoms with Crippen LogP contribution in [0.1, 0.15) is 25.3 Å². The number of nitrogens with zero attached hydrogens (tertiary/aromatic N) is 1. The fourth-order valence-electron chi connectivity index (χ4n) is 1.83. The van der Waals surface area contributed by atoms with Crippen LogP contribution in [-0.4, -0.2) is 31.2 Å². The Morgan fingerprint density at radius 3 is 2.73 bits per heavy atom. The summed E-state index contributed by atoms with van der Waals surface area (Å²) in [6.07, 6.45) is 2.08. The molecule has 1 aromatic rings. The number of sulfonamides is 1. The van der Waals surface area contributed by atoms with Gasteiger partial charge in [0.05, 0.1) is 5.75 Å². The molecule has 1 heterocycles. The molecule has 7 nitrogen and oxygen atoms in total. The Bertz CT molecular complexity index is 685. The molecule has 0 atom stereocenters. The van der Waals surface area contributed by atoms with Crippen LogP contribution in [0.15, 0.2) is 17.1 Å². The van der Waals surface area contributed by atoms with E-state index in [4.69, 9.17) is 0 Å².